The third kappa shape index (κ3) is 5.84. The van der Waals surface area contributed by atoms with Crippen LogP contribution in [0.2, 0.25) is 0 Å². The van der Waals surface area contributed by atoms with Gasteiger partial charge in [0.25, 0.3) is 15.0 Å². The summed E-state index contributed by atoms with van der Waals surface area (Å²) < 4.78 is 28.8. The molecule has 0 saturated carbocycles. The van der Waals surface area contributed by atoms with E-state index in [2.05, 4.69) is 21.2 Å². The number of halogens is 2. The first kappa shape index (κ1) is 18.3. The maximum absolute atomic E-state index is 11.8. The fourth-order valence-corrected chi connectivity index (χ4v) is 2.95. The Hall–Kier alpha value is -0.790. The Balaban J connectivity index is 2.84. The van der Waals surface area contributed by atoms with Crippen LogP contribution in [0.1, 0.15) is 27.2 Å². The molecule has 0 bridgehead atoms. The Kier molecular flexibility index (Phi) is 6.07. The molecule has 0 radical (unpaired) electrons. The summed E-state index contributed by atoms with van der Waals surface area (Å²) in [6, 6.07) is 4.37. The number of ether oxygens (including phenoxy) is 1. The van der Waals surface area contributed by atoms with Crippen molar-refractivity contribution in [2.24, 2.45) is 0 Å². The summed E-state index contributed by atoms with van der Waals surface area (Å²) in [6.45, 7) is 5.44. The Labute approximate surface area is 137 Å². The van der Waals surface area contributed by atoms with Crippen LogP contribution in [-0.4, -0.2) is 26.5 Å². The largest absolute Gasteiger partial charge is 0.482 e. The summed E-state index contributed by atoms with van der Waals surface area (Å²) in [5.41, 5.74) is -0.346. The van der Waals surface area contributed by atoms with Gasteiger partial charge in [-0.3, -0.25) is 4.79 Å². The topological polar surface area (TPSA) is 72.5 Å². The lowest BCUT2D eigenvalue weighted by Gasteiger charge is -2.24. The number of hydrogen-bond acceptors (Lipinski definition) is 4. The molecule has 21 heavy (non-hydrogen) atoms. The van der Waals surface area contributed by atoms with Crippen molar-refractivity contribution in [1.82, 2.24) is 5.32 Å². The van der Waals surface area contributed by atoms with Gasteiger partial charge in [0.15, 0.2) is 6.61 Å². The van der Waals surface area contributed by atoms with Crippen LogP contribution in [0.25, 0.3) is 0 Å². The standard InChI is InChI=1S/C13H17BrClNO4S/c1-4-13(2,3)16-12(17)8-20-10-6-5-9(14)7-11(10)21(15,18)19/h5-7H,4,8H2,1-3H3,(H,16,17). The van der Waals surface area contributed by atoms with E-state index in [9.17, 15) is 13.2 Å². The van der Waals surface area contributed by atoms with Gasteiger partial charge in [-0.15, -0.1) is 0 Å². The van der Waals surface area contributed by atoms with E-state index in [0.717, 1.165) is 6.42 Å². The van der Waals surface area contributed by atoms with Gasteiger partial charge in [0, 0.05) is 20.7 Å². The molecule has 118 valence electrons. The summed E-state index contributed by atoms with van der Waals surface area (Å²) in [4.78, 5) is 11.6. The van der Waals surface area contributed by atoms with Gasteiger partial charge in [-0.2, -0.15) is 0 Å². The van der Waals surface area contributed by atoms with Gasteiger partial charge < -0.3 is 10.1 Å². The Bertz CT molecular complexity index is 631. The molecule has 0 fully saturated rings. The molecule has 1 rings (SSSR count). The van der Waals surface area contributed by atoms with E-state index in [1.807, 2.05) is 20.8 Å². The van der Waals surface area contributed by atoms with Crippen LogP contribution in [0.15, 0.2) is 27.6 Å². The van der Waals surface area contributed by atoms with Gasteiger partial charge in [0.05, 0.1) is 0 Å². The van der Waals surface area contributed by atoms with Gasteiger partial charge in [-0.1, -0.05) is 22.9 Å². The first-order valence-corrected chi connectivity index (χ1v) is 9.33. The molecule has 0 aliphatic heterocycles. The fraction of sp³-hybridized carbons (Fsp3) is 0.462. The van der Waals surface area contributed by atoms with E-state index in [0.29, 0.717) is 4.47 Å². The monoisotopic (exact) mass is 397 g/mol. The number of nitrogens with one attached hydrogen (secondary N) is 1. The summed E-state index contributed by atoms with van der Waals surface area (Å²) in [5, 5.41) is 2.79. The lowest BCUT2D eigenvalue weighted by Crippen LogP contribution is -2.44. The molecular weight excluding hydrogens is 382 g/mol. The Morgan fingerprint density at radius 2 is 2.05 bits per heavy atom. The summed E-state index contributed by atoms with van der Waals surface area (Å²) in [7, 11) is 1.39. The minimum absolute atomic E-state index is 0.0395. The average Bonchev–Trinajstić information content (AvgIpc) is 2.35. The summed E-state index contributed by atoms with van der Waals surface area (Å²) in [6.07, 6.45) is 0.762. The number of carbonyl (C=O) groups excluding carboxylic acids is 1. The second kappa shape index (κ2) is 6.98. The lowest BCUT2D eigenvalue weighted by molar-refractivity contribution is -0.124. The molecule has 0 aromatic heterocycles. The van der Waals surface area contributed by atoms with Crippen LogP contribution in [0.5, 0.6) is 5.75 Å². The van der Waals surface area contributed by atoms with Crippen molar-refractivity contribution in [1.29, 1.82) is 0 Å². The van der Waals surface area contributed by atoms with E-state index < -0.39 is 9.05 Å². The van der Waals surface area contributed by atoms with Crippen molar-refractivity contribution in [3.63, 3.8) is 0 Å². The fourth-order valence-electron chi connectivity index (χ4n) is 1.44. The van der Waals surface area contributed by atoms with E-state index in [1.54, 1.807) is 6.07 Å². The third-order valence-corrected chi connectivity index (χ3v) is 4.73. The number of amides is 1. The zero-order valence-electron chi connectivity index (χ0n) is 11.9. The molecule has 0 unspecified atom stereocenters. The van der Waals surface area contributed by atoms with Crippen LogP contribution in [0, 0.1) is 0 Å². The van der Waals surface area contributed by atoms with E-state index in [1.165, 1.54) is 12.1 Å². The first-order valence-electron chi connectivity index (χ1n) is 6.23. The quantitative estimate of drug-likeness (QED) is 0.748. The summed E-state index contributed by atoms with van der Waals surface area (Å²) in [5.74, 6) is -0.291. The van der Waals surface area contributed by atoms with Crippen molar-refractivity contribution in [2.45, 2.75) is 37.6 Å². The van der Waals surface area contributed by atoms with Gasteiger partial charge >= 0.3 is 0 Å². The predicted molar refractivity (Wildman–Crippen MR) is 85.2 cm³/mol. The number of benzene rings is 1. The van der Waals surface area contributed by atoms with E-state index in [4.69, 9.17) is 15.4 Å². The SMILES string of the molecule is CCC(C)(C)NC(=O)COc1ccc(Br)cc1S(=O)(=O)Cl. The molecule has 1 N–H and O–H groups in total. The second-order valence-corrected chi connectivity index (χ2v) is 8.55. The number of rotatable bonds is 6. The van der Waals surface area contributed by atoms with Gasteiger partial charge in [-0.05, 0) is 38.5 Å². The van der Waals surface area contributed by atoms with Crippen LogP contribution >= 0.6 is 26.6 Å². The molecule has 0 aliphatic carbocycles. The lowest BCUT2D eigenvalue weighted by atomic mass is 10.0. The highest BCUT2D eigenvalue weighted by atomic mass is 79.9. The van der Waals surface area contributed by atoms with Crippen molar-refractivity contribution in [3.05, 3.63) is 22.7 Å². The maximum Gasteiger partial charge on any atom is 0.265 e. The molecule has 1 amide bonds. The van der Waals surface area contributed by atoms with E-state index in [-0.39, 0.29) is 28.7 Å². The van der Waals surface area contributed by atoms with Crippen LogP contribution in [-0.2, 0) is 13.8 Å². The second-order valence-electron chi connectivity index (χ2n) is 5.10. The third-order valence-electron chi connectivity index (χ3n) is 2.89. The Morgan fingerprint density at radius 1 is 1.43 bits per heavy atom. The average molecular weight is 399 g/mol. The number of carbonyl (C=O) groups is 1. The van der Waals surface area contributed by atoms with Gasteiger partial charge in [0.1, 0.15) is 10.6 Å². The highest BCUT2D eigenvalue weighted by molar-refractivity contribution is 9.10. The van der Waals surface area contributed by atoms with E-state index >= 15 is 0 Å². The molecule has 0 heterocycles. The zero-order valence-corrected chi connectivity index (χ0v) is 15.1. The number of hydrogen-bond donors (Lipinski definition) is 1. The predicted octanol–water partition coefficient (Wildman–Crippen LogP) is 3.06. The van der Waals surface area contributed by atoms with Gasteiger partial charge in [-0.25, -0.2) is 8.42 Å². The smallest absolute Gasteiger partial charge is 0.265 e. The van der Waals surface area contributed by atoms with Crippen molar-refractivity contribution < 1.29 is 17.9 Å². The highest BCUT2D eigenvalue weighted by Gasteiger charge is 2.20. The minimum Gasteiger partial charge on any atom is -0.482 e. The summed E-state index contributed by atoms with van der Waals surface area (Å²) >= 11 is 3.16. The molecule has 8 heteroatoms. The van der Waals surface area contributed by atoms with Crippen LogP contribution in [0.3, 0.4) is 0 Å². The van der Waals surface area contributed by atoms with Crippen molar-refractivity contribution in [2.75, 3.05) is 6.61 Å². The normalized spacial score (nSPS) is 12.0. The molecule has 0 saturated heterocycles. The maximum atomic E-state index is 11.8. The molecular formula is C13H17BrClNO4S. The molecule has 5 nitrogen and oxygen atoms in total. The first-order chi connectivity index (χ1) is 9.55. The molecule has 1 aromatic rings. The Morgan fingerprint density at radius 3 is 2.57 bits per heavy atom. The molecule has 0 aliphatic rings. The zero-order chi connectivity index (χ0) is 16.3. The van der Waals surface area contributed by atoms with Crippen LogP contribution in [0.4, 0.5) is 0 Å². The van der Waals surface area contributed by atoms with Crippen molar-refractivity contribution in [3.8, 4) is 5.75 Å². The highest BCUT2D eigenvalue weighted by Crippen LogP contribution is 2.30. The van der Waals surface area contributed by atoms with Crippen LogP contribution < -0.4 is 10.1 Å². The van der Waals surface area contributed by atoms with Crippen molar-refractivity contribution >= 4 is 41.6 Å². The molecule has 0 spiro atoms. The van der Waals surface area contributed by atoms with Gasteiger partial charge in [0.2, 0.25) is 0 Å². The minimum atomic E-state index is -3.96. The molecule has 1 aromatic carbocycles. The molecule has 0 atom stereocenters.